The number of alkyl halides is 2. The highest BCUT2D eigenvalue weighted by atomic mass is 19.3. The van der Waals surface area contributed by atoms with Gasteiger partial charge in [0.05, 0.1) is 5.52 Å². The second kappa shape index (κ2) is 6.64. The number of carbonyl (C=O) groups is 1. The van der Waals surface area contributed by atoms with Crippen molar-refractivity contribution in [1.82, 2.24) is 15.3 Å². The van der Waals surface area contributed by atoms with Crippen LogP contribution in [0.2, 0.25) is 0 Å². The van der Waals surface area contributed by atoms with Crippen LogP contribution in [0.25, 0.3) is 10.9 Å². The normalized spacial score (nSPS) is 12.7. The van der Waals surface area contributed by atoms with Crippen LogP contribution in [0, 0.1) is 5.92 Å². The molecule has 1 unspecified atom stereocenters. The van der Waals surface area contributed by atoms with Gasteiger partial charge in [-0.1, -0.05) is 26.0 Å². The van der Waals surface area contributed by atoms with Crippen LogP contribution < -0.4 is 10.6 Å². The predicted octanol–water partition coefficient (Wildman–Crippen LogP) is 2.75. The summed E-state index contributed by atoms with van der Waals surface area (Å²) in [5.74, 6) is -0.580. The number of benzene rings is 1. The number of likely N-dealkylation sites (N-methyl/N-ethyl adjacent to an activating group) is 1. The smallest absolute Gasteiger partial charge is 0.297 e. The van der Waals surface area contributed by atoms with Crippen molar-refractivity contribution in [2.45, 2.75) is 26.3 Å². The first-order valence-electron chi connectivity index (χ1n) is 6.97. The molecule has 0 radical (unpaired) electrons. The number of para-hydroxylation sites is 1. The first kappa shape index (κ1) is 16.1. The Kier molecular flexibility index (Phi) is 4.85. The number of carbonyl (C=O) groups excluding carboxylic acids is 1. The fourth-order valence-corrected chi connectivity index (χ4v) is 2.14. The first-order chi connectivity index (χ1) is 10.4. The molecule has 2 rings (SSSR count). The quantitative estimate of drug-likeness (QED) is 0.891. The fourth-order valence-electron chi connectivity index (χ4n) is 2.14. The zero-order chi connectivity index (χ0) is 16.3. The number of hydrogen-bond donors (Lipinski definition) is 2. The van der Waals surface area contributed by atoms with Crippen LogP contribution in [0.15, 0.2) is 24.3 Å². The number of nitrogens with one attached hydrogen (secondary N) is 2. The number of halogens is 2. The SMILES string of the molecule is CNC(=O)C(Nc1nc(C(F)F)nc2ccccc12)C(C)C. The average molecular weight is 308 g/mol. The van der Waals surface area contributed by atoms with Gasteiger partial charge in [0.1, 0.15) is 11.9 Å². The van der Waals surface area contributed by atoms with Gasteiger partial charge in [-0.15, -0.1) is 0 Å². The molecule has 0 aliphatic carbocycles. The number of anilines is 1. The molecule has 2 N–H and O–H groups in total. The van der Waals surface area contributed by atoms with Gasteiger partial charge in [-0.3, -0.25) is 4.79 Å². The molecule has 0 saturated heterocycles. The lowest BCUT2D eigenvalue weighted by Gasteiger charge is -2.22. The number of fused-ring (bicyclic) bond motifs is 1. The number of amides is 1. The minimum atomic E-state index is -2.78. The lowest BCUT2D eigenvalue weighted by molar-refractivity contribution is -0.122. The highest BCUT2D eigenvalue weighted by Crippen LogP contribution is 2.25. The van der Waals surface area contributed by atoms with E-state index in [1.54, 1.807) is 24.3 Å². The lowest BCUT2D eigenvalue weighted by Crippen LogP contribution is -2.41. The molecule has 2 aromatic rings. The molecule has 7 heteroatoms. The third-order valence-corrected chi connectivity index (χ3v) is 3.30. The number of rotatable bonds is 5. The third kappa shape index (κ3) is 3.29. The van der Waals surface area contributed by atoms with Crippen molar-refractivity contribution in [2.75, 3.05) is 12.4 Å². The molecular formula is C15H18F2N4O. The third-order valence-electron chi connectivity index (χ3n) is 3.30. The molecule has 0 spiro atoms. The summed E-state index contributed by atoms with van der Waals surface area (Å²) in [6.07, 6.45) is -2.78. The van der Waals surface area contributed by atoms with Gasteiger partial charge in [0, 0.05) is 12.4 Å². The summed E-state index contributed by atoms with van der Waals surface area (Å²) in [7, 11) is 1.53. The standard InChI is InChI=1S/C15H18F2N4O/c1-8(2)11(15(22)18-3)20-13-9-6-4-5-7-10(9)19-14(21-13)12(16)17/h4-8,11-12H,1-3H3,(H,18,22)(H,19,20,21). The van der Waals surface area contributed by atoms with E-state index in [1.165, 1.54) is 7.05 Å². The average Bonchev–Trinajstić information content (AvgIpc) is 2.50. The van der Waals surface area contributed by atoms with Gasteiger partial charge in [0.2, 0.25) is 5.91 Å². The Morgan fingerprint density at radius 1 is 1.18 bits per heavy atom. The van der Waals surface area contributed by atoms with Crippen LogP contribution >= 0.6 is 0 Å². The van der Waals surface area contributed by atoms with Crippen molar-refractivity contribution in [3.63, 3.8) is 0 Å². The summed E-state index contributed by atoms with van der Waals surface area (Å²) in [6, 6.07) is 6.27. The van der Waals surface area contributed by atoms with Crippen molar-refractivity contribution in [3.05, 3.63) is 30.1 Å². The number of aromatic nitrogens is 2. The largest absolute Gasteiger partial charge is 0.358 e. The summed E-state index contributed by atoms with van der Waals surface area (Å²) in [6.45, 7) is 3.73. The molecule has 1 aromatic heterocycles. The summed E-state index contributed by atoms with van der Waals surface area (Å²) >= 11 is 0. The second-order valence-corrected chi connectivity index (χ2v) is 5.23. The highest BCUT2D eigenvalue weighted by Gasteiger charge is 2.23. The van der Waals surface area contributed by atoms with Crippen molar-refractivity contribution < 1.29 is 13.6 Å². The van der Waals surface area contributed by atoms with Crippen molar-refractivity contribution in [2.24, 2.45) is 5.92 Å². The maximum absolute atomic E-state index is 13.0. The van der Waals surface area contributed by atoms with Crippen molar-refractivity contribution in [3.8, 4) is 0 Å². The number of nitrogens with zero attached hydrogens (tertiary/aromatic N) is 2. The van der Waals surface area contributed by atoms with Crippen molar-refractivity contribution in [1.29, 1.82) is 0 Å². The van der Waals surface area contributed by atoms with Gasteiger partial charge in [-0.05, 0) is 18.1 Å². The molecule has 1 aromatic carbocycles. The molecule has 1 atom stereocenters. The summed E-state index contributed by atoms with van der Waals surface area (Å²) < 4.78 is 25.9. The molecule has 22 heavy (non-hydrogen) atoms. The minimum Gasteiger partial charge on any atom is -0.358 e. The van der Waals surface area contributed by atoms with Gasteiger partial charge >= 0.3 is 0 Å². The van der Waals surface area contributed by atoms with Crippen LogP contribution in [0.4, 0.5) is 14.6 Å². The second-order valence-electron chi connectivity index (χ2n) is 5.23. The monoisotopic (exact) mass is 308 g/mol. The maximum Gasteiger partial charge on any atom is 0.297 e. The molecule has 0 bridgehead atoms. The Morgan fingerprint density at radius 3 is 2.45 bits per heavy atom. The van der Waals surface area contributed by atoms with E-state index in [4.69, 9.17) is 0 Å². The van der Waals surface area contributed by atoms with Crippen LogP contribution in [-0.2, 0) is 4.79 Å². The molecule has 0 fully saturated rings. The Morgan fingerprint density at radius 2 is 1.86 bits per heavy atom. The van der Waals surface area contributed by atoms with Gasteiger partial charge in [0.15, 0.2) is 5.82 Å². The number of hydrogen-bond acceptors (Lipinski definition) is 4. The summed E-state index contributed by atoms with van der Waals surface area (Å²) in [5.41, 5.74) is 0.412. The summed E-state index contributed by atoms with van der Waals surface area (Å²) in [4.78, 5) is 19.7. The van der Waals surface area contributed by atoms with E-state index >= 15 is 0 Å². The van der Waals surface area contributed by atoms with E-state index < -0.39 is 18.3 Å². The van der Waals surface area contributed by atoms with Gasteiger partial charge in [0.25, 0.3) is 6.43 Å². The van der Waals surface area contributed by atoms with Gasteiger partial charge in [-0.25, -0.2) is 18.7 Å². The maximum atomic E-state index is 13.0. The van der Waals surface area contributed by atoms with E-state index in [2.05, 4.69) is 20.6 Å². The molecule has 1 amide bonds. The van der Waals surface area contributed by atoms with E-state index in [0.717, 1.165) is 0 Å². The lowest BCUT2D eigenvalue weighted by atomic mass is 10.0. The molecule has 118 valence electrons. The van der Waals surface area contributed by atoms with Crippen LogP contribution in [0.5, 0.6) is 0 Å². The molecule has 1 heterocycles. The van der Waals surface area contributed by atoms with E-state index in [9.17, 15) is 13.6 Å². The topological polar surface area (TPSA) is 66.9 Å². The van der Waals surface area contributed by atoms with Gasteiger partial charge < -0.3 is 10.6 Å². The van der Waals surface area contributed by atoms with E-state index in [-0.39, 0.29) is 17.6 Å². The predicted molar refractivity (Wildman–Crippen MR) is 80.8 cm³/mol. The molecule has 5 nitrogen and oxygen atoms in total. The van der Waals surface area contributed by atoms with Gasteiger partial charge in [-0.2, -0.15) is 0 Å². The van der Waals surface area contributed by atoms with Crippen LogP contribution in [0.3, 0.4) is 0 Å². The van der Waals surface area contributed by atoms with Crippen LogP contribution in [-0.4, -0.2) is 29.0 Å². The van der Waals surface area contributed by atoms with E-state index in [0.29, 0.717) is 10.9 Å². The van der Waals surface area contributed by atoms with Crippen molar-refractivity contribution >= 4 is 22.6 Å². The minimum absolute atomic E-state index is 0.0383. The first-order valence-corrected chi connectivity index (χ1v) is 6.97. The molecule has 0 aliphatic rings. The zero-order valence-corrected chi connectivity index (χ0v) is 12.6. The molecule has 0 saturated carbocycles. The Labute approximate surface area is 127 Å². The van der Waals surface area contributed by atoms with E-state index in [1.807, 2.05) is 13.8 Å². The fraction of sp³-hybridized carbons (Fsp3) is 0.400. The highest BCUT2D eigenvalue weighted by molar-refractivity contribution is 5.92. The Bertz CT molecular complexity index is 676. The Hall–Kier alpha value is -2.31. The van der Waals surface area contributed by atoms with Crippen LogP contribution in [0.1, 0.15) is 26.1 Å². The Balaban J connectivity index is 2.50. The zero-order valence-electron chi connectivity index (χ0n) is 12.6. The summed E-state index contributed by atoms with van der Waals surface area (Å²) in [5, 5.41) is 6.13. The molecule has 0 aliphatic heterocycles. The molecular weight excluding hydrogens is 290 g/mol.